The highest BCUT2D eigenvalue weighted by Crippen LogP contribution is 2.21. The van der Waals surface area contributed by atoms with Gasteiger partial charge in [0.2, 0.25) is 0 Å². The minimum Gasteiger partial charge on any atom is -0.378 e. The molecule has 0 atom stereocenters. The lowest BCUT2D eigenvalue weighted by Gasteiger charge is -2.13. The van der Waals surface area contributed by atoms with Crippen LogP contribution < -0.4 is 10.2 Å². The summed E-state index contributed by atoms with van der Waals surface area (Å²) >= 11 is 12.0. The quantitative estimate of drug-likeness (QED) is 0.893. The number of nitrogens with one attached hydrogen (secondary N) is 1. The maximum absolute atomic E-state index is 12.2. The molecule has 1 N–H and O–H groups in total. The van der Waals surface area contributed by atoms with Crippen molar-refractivity contribution in [3.05, 3.63) is 63.6 Å². The van der Waals surface area contributed by atoms with Crippen LogP contribution in [0.15, 0.2) is 42.5 Å². The molecule has 0 spiro atoms. The van der Waals surface area contributed by atoms with Crippen molar-refractivity contribution in [2.75, 3.05) is 25.5 Å². The minimum atomic E-state index is -0.0891. The Hall–Kier alpha value is -1.71. The molecule has 0 aromatic heterocycles. The Morgan fingerprint density at radius 1 is 1.14 bits per heavy atom. The van der Waals surface area contributed by atoms with Gasteiger partial charge in [0, 0.05) is 41.9 Å². The Balaban J connectivity index is 1.94. The van der Waals surface area contributed by atoms with Gasteiger partial charge in [-0.1, -0.05) is 35.3 Å². The maximum Gasteiger partial charge on any atom is 0.251 e. The van der Waals surface area contributed by atoms with Gasteiger partial charge in [0.1, 0.15) is 0 Å². The van der Waals surface area contributed by atoms with Crippen LogP contribution in [0.3, 0.4) is 0 Å². The SMILES string of the molecule is CN(C)c1cccc(C(=O)NCCc2ccc(Cl)cc2Cl)c1. The number of rotatable bonds is 5. The molecule has 22 heavy (non-hydrogen) atoms. The third-order valence-corrected chi connectivity index (χ3v) is 3.91. The van der Waals surface area contributed by atoms with Crippen LogP contribution in [0.1, 0.15) is 15.9 Å². The first-order chi connectivity index (χ1) is 10.5. The lowest BCUT2D eigenvalue weighted by atomic mass is 10.1. The van der Waals surface area contributed by atoms with Crippen molar-refractivity contribution in [3.63, 3.8) is 0 Å². The van der Waals surface area contributed by atoms with E-state index in [2.05, 4.69) is 5.32 Å². The van der Waals surface area contributed by atoms with Gasteiger partial charge in [-0.3, -0.25) is 4.79 Å². The molecule has 5 heteroatoms. The number of anilines is 1. The fraction of sp³-hybridized carbons (Fsp3) is 0.235. The zero-order chi connectivity index (χ0) is 16.1. The molecule has 0 aliphatic rings. The number of hydrogen-bond acceptors (Lipinski definition) is 2. The highest BCUT2D eigenvalue weighted by atomic mass is 35.5. The number of amides is 1. The van der Waals surface area contributed by atoms with E-state index in [4.69, 9.17) is 23.2 Å². The van der Waals surface area contributed by atoms with E-state index in [0.29, 0.717) is 28.6 Å². The summed E-state index contributed by atoms with van der Waals surface area (Å²) < 4.78 is 0. The summed E-state index contributed by atoms with van der Waals surface area (Å²) in [7, 11) is 3.89. The average Bonchev–Trinajstić information content (AvgIpc) is 2.49. The zero-order valence-corrected chi connectivity index (χ0v) is 14.1. The molecule has 0 heterocycles. The summed E-state index contributed by atoms with van der Waals surface area (Å²) in [5, 5.41) is 4.14. The van der Waals surface area contributed by atoms with Crippen LogP contribution in [0.25, 0.3) is 0 Å². The molecule has 0 radical (unpaired) electrons. The first-order valence-corrected chi connectivity index (χ1v) is 7.72. The molecule has 116 valence electrons. The Morgan fingerprint density at radius 2 is 1.91 bits per heavy atom. The molecule has 2 aromatic rings. The Morgan fingerprint density at radius 3 is 2.59 bits per heavy atom. The molecular formula is C17H18Cl2N2O. The van der Waals surface area contributed by atoms with Gasteiger partial charge in [0.25, 0.3) is 5.91 Å². The fourth-order valence-corrected chi connectivity index (χ4v) is 2.57. The van der Waals surface area contributed by atoms with E-state index >= 15 is 0 Å². The van der Waals surface area contributed by atoms with Crippen molar-refractivity contribution >= 4 is 34.8 Å². The predicted molar refractivity (Wildman–Crippen MR) is 93.3 cm³/mol. The van der Waals surface area contributed by atoms with Crippen LogP contribution in [-0.2, 0) is 6.42 Å². The van der Waals surface area contributed by atoms with E-state index < -0.39 is 0 Å². The van der Waals surface area contributed by atoms with Crippen LogP contribution in [0.2, 0.25) is 10.0 Å². The molecule has 0 saturated carbocycles. The number of hydrogen-bond donors (Lipinski definition) is 1. The number of carbonyl (C=O) groups excluding carboxylic acids is 1. The van der Waals surface area contributed by atoms with Gasteiger partial charge in [-0.2, -0.15) is 0 Å². The smallest absolute Gasteiger partial charge is 0.251 e. The predicted octanol–water partition coefficient (Wildman–Crippen LogP) is 4.03. The molecule has 1 amide bonds. The first-order valence-electron chi connectivity index (χ1n) is 6.97. The second-order valence-corrected chi connectivity index (χ2v) is 6.03. The standard InChI is InChI=1S/C17H18Cl2N2O/c1-21(2)15-5-3-4-13(10-15)17(22)20-9-8-12-6-7-14(18)11-16(12)19/h3-7,10-11H,8-9H2,1-2H3,(H,20,22). The largest absolute Gasteiger partial charge is 0.378 e. The van der Waals surface area contributed by atoms with Crippen LogP contribution in [0.4, 0.5) is 5.69 Å². The molecule has 2 aromatic carbocycles. The molecule has 0 bridgehead atoms. The monoisotopic (exact) mass is 336 g/mol. The Labute approximate surface area is 140 Å². The van der Waals surface area contributed by atoms with Crippen LogP contribution in [0, 0.1) is 0 Å². The van der Waals surface area contributed by atoms with Gasteiger partial charge in [-0.25, -0.2) is 0 Å². The van der Waals surface area contributed by atoms with Crippen molar-refractivity contribution in [3.8, 4) is 0 Å². The second kappa shape index (κ2) is 7.52. The lowest BCUT2D eigenvalue weighted by Crippen LogP contribution is -2.26. The normalized spacial score (nSPS) is 10.4. The molecule has 0 aliphatic heterocycles. The molecule has 0 saturated heterocycles. The van der Waals surface area contributed by atoms with E-state index in [1.807, 2.05) is 43.3 Å². The van der Waals surface area contributed by atoms with Gasteiger partial charge >= 0.3 is 0 Å². The van der Waals surface area contributed by atoms with E-state index in [9.17, 15) is 4.79 Å². The van der Waals surface area contributed by atoms with E-state index in [-0.39, 0.29) is 5.91 Å². The first kappa shape index (κ1) is 16.7. The van der Waals surface area contributed by atoms with Crippen molar-refractivity contribution in [2.45, 2.75) is 6.42 Å². The molecule has 2 rings (SSSR count). The van der Waals surface area contributed by atoms with E-state index in [1.165, 1.54) is 0 Å². The van der Waals surface area contributed by atoms with Gasteiger partial charge in [0.05, 0.1) is 0 Å². The van der Waals surface area contributed by atoms with Crippen molar-refractivity contribution in [1.29, 1.82) is 0 Å². The van der Waals surface area contributed by atoms with Gasteiger partial charge < -0.3 is 10.2 Å². The molecule has 0 unspecified atom stereocenters. The Kier molecular flexibility index (Phi) is 5.69. The summed E-state index contributed by atoms with van der Waals surface area (Å²) in [6.45, 7) is 0.520. The summed E-state index contributed by atoms with van der Waals surface area (Å²) in [4.78, 5) is 14.1. The van der Waals surface area contributed by atoms with Crippen LogP contribution in [0.5, 0.6) is 0 Å². The van der Waals surface area contributed by atoms with Crippen molar-refractivity contribution in [2.24, 2.45) is 0 Å². The summed E-state index contributed by atoms with van der Waals surface area (Å²) in [6, 6.07) is 12.9. The highest BCUT2D eigenvalue weighted by Gasteiger charge is 2.07. The van der Waals surface area contributed by atoms with Gasteiger partial charge in [0.15, 0.2) is 0 Å². The number of benzene rings is 2. The zero-order valence-electron chi connectivity index (χ0n) is 12.6. The maximum atomic E-state index is 12.2. The minimum absolute atomic E-state index is 0.0891. The topological polar surface area (TPSA) is 32.3 Å². The van der Waals surface area contributed by atoms with Crippen LogP contribution in [-0.4, -0.2) is 26.5 Å². The summed E-state index contributed by atoms with van der Waals surface area (Å²) in [6.07, 6.45) is 0.662. The summed E-state index contributed by atoms with van der Waals surface area (Å²) in [5.41, 5.74) is 2.61. The second-order valence-electron chi connectivity index (χ2n) is 5.19. The number of carbonyl (C=O) groups is 1. The van der Waals surface area contributed by atoms with Gasteiger partial charge in [-0.05, 0) is 42.3 Å². The van der Waals surface area contributed by atoms with E-state index in [1.54, 1.807) is 18.2 Å². The molecular weight excluding hydrogens is 319 g/mol. The molecule has 0 fully saturated rings. The fourth-order valence-electron chi connectivity index (χ4n) is 2.06. The lowest BCUT2D eigenvalue weighted by molar-refractivity contribution is 0.0954. The Bertz CT molecular complexity index is 671. The van der Waals surface area contributed by atoms with Crippen molar-refractivity contribution in [1.82, 2.24) is 5.32 Å². The van der Waals surface area contributed by atoms with Gasteiger partial charge in [-0.15, -0.1) is 0 Å². The number of halogens is 2. The third kappa shape index (κ3) is 4.39. The van der Waals surface area contributed by atoms with E-state index in [0.717, 1.165) is 11.3 Å². The summed E-state index contributed by atoms with van der Waals surface area (Å²) in [5.74, 6) is -0.0891. The number of nitrogens with zero attached hydrogens (tertiary/aromatic N) is 1. The average molecular weight is 337 g/mol. The highest BCUT2D eigenvalue weighted by molar-refractivity contribution is 6.35. The van der Waals surface area contributed by atoms with Crippen LogP contribution >= 0.6 is 23.2 Å². The molecule has 3 nitrogen and oxygen atoms in total. The van der Waals surface area contributed by atoms with Crippen molar-refractivity contribution < 1.29 is 4.79 Å². The molecule has 0 aliphatic carbocycles. The third-order valence-electron chi connectivity index (χ3n) is 3.32.